The van der Waals surface area contributed by atoms with Gasteiger partial charge in [0, 0.05) is 64.1 Å². The molecule has 8 nitrogen and oxygen atoms in total. The van der Waals surface area contributed by atoms with Crippen LogP contribution in [0.3, 0.4) is 0 Å². The lowest BCUT2D eigenvalue weighted by molar-refractivity contribution is 0.0383. The van der Waals surface area contributed by atoms with E-state index in [4.69, 9.17) is 9.72 Å². The van der Waals surface area contributed by atoms with Crippen molar-refractivity contribution < 1.29 is 9.53 Å². The number of piperazine rings is 1. The number of thiazole rings is 1. The van der Waals surface area contributed by atoms with Gasteiger partial charge in [-0.3, -0.25) is 9.69 Å². The van der Waals surface area contributed by atoms with Crippen molar-refractivity contribution in [1.29, 1.82) is 0 Å². The number of aromatic nitrogens is 2. The Bertz CT molecular complexity index is 1050. The molecule has 2 fully saturated rings. The predicted octanol–water partition coefficient (Wildman–Crippen LogP) is 2.08. The first-order chi connectivity index (χ1) is 15.8. The number of ether oxygens (including phenoxy) is 1. The molecule has 0 radical (unpaired) electrons. The van der Waals surface area contributed by atoms with Gasteiger partial charge in [0.2, 0.25) is 0 Å². The summed E-state index contributed by atoms with van der Waals surface area (Å²) in [6, 6.07) is 11.8. The van der Waals surface area contributed by atoms with Gasteiger partial charge >= 0.3 is 0 Å². The highest BCUT2D eigenvalue weighted by Crippen LogP contribution is 2.30. The lowest BCUT2D eigenvalue weighted by Crippen LogP contribution is -2.46. The number of hydrogen-bond donors (Lipinski definition) is 1. The molecule has 2 saturated heterocycles. The van der Waals surface area contributed by atoms with Crippen LogP contribution in [0.4, 0.5) is 10.9 Å². The normalized spacial score (nSPS) is 17.6. The molecule has 32 heavy (non-hydrogen) atoms. The van der Waals surface area contributed by atoms with Crippen LogP contribution in [-0.4, -0.2) is 86.3 Å². The van der Waals surface area contributed by atoms with E-state index in [0.29, 0.717) is 12.1 Å². The quantitative estimate of drug-likeness (QED) is 0.614. The molecule has 2 aliphatic rings. The lowest BCUT2D eigenvalue weighted by Gasteiger charge is -2.35. The SMILES string of the molecule is O=C(NCCN1CCOCC1)c1ccc2nc(N3CCN(c4ccccn4)CC3)sc2c1. The standard InChI is InChI=1S/C23H28N6O2S/c30-22(25-7-8-27-13-15-31-16-14-27)18-4-5-19-20(17-18)32-23(26-19)29-11-9-28(10-12-29)21-3-1-2-6-24-21/h1-6,17H,7-16H2,(H,25,30). The van der Waals surface area contributed by atoms with E-state index in [9.17, 15) is 4.79 Å². The zero-order chi connectivity index (χ0) is 21.8. The van der Waals surface area contributed by atoms with E-state index in [1.165, 1.54) is 0 Å². The second-order valence-corrected chi connectivity index (χ2v) is 9.06. The number of morpholine rings is 1. The van der Waals surface area contributed by atoms with Gasteiger partial charge in [0.1, 0.15) is 5.82 Å². The summed E-state index contributed by atoms with van der Waals surface area (Å²) < 4.78 is 6.42. The van der Waals surface area contributed by atoms with Gasteiger partial charge in [-0.1, -0.05) is 17.4 Å². The average molecular weight is 453 g/mol. The van der Waals surface area contributed by atoms with Crippen molar-refractivity contribution in [2.75, 3.05) is 75.4 Å². The predicted molar refractivity (Wildman–Crippen MR) is 128 cm³/mol. The number of fused-ring (bicyclic) bond motifs is 1. The zero-order valence-corrected chi connectivity index (χ0v) is 18.9. The van der Waals surface area contributed by atoms with Crippen LogP contribution in [-0.2, 0) is 4.74 Å². The number of anilines is 2. The summed E-state index contributed by atoms with van der Waals surface area (Å²) in [4.78, 5) is 28.8. The molecule has 3 aromatic rings. The fraction of sp³-hybridized carbons (Fsp3) is 0.435. The van der Waals surface area contributed by atoms with Crippen molar-refractivity contribution >= 4 is 38.4 Å². The molecule has 4 heterocycles. The molecule has 0 saturated carbocycles. The Hall–Kier alpha value is -2.75. The number of benzene rings is 1. The van der Waals surface area contributed by atoms with Crippen molar-refractivity contribution in [1.82, 2.24) is 20.2 Å². The summed E-state index contributed by atoms with van der Waals surface area (Å²) in [6.45, 7) is 8.57. The Morgan fingerprint density at radius 2 is 1.84 bits per heavy atom. The maximum Gasteiger partial charge on any atom is 0.251 e. The summed E-state index contributed by atoms with van der Waals surface area (Å²) >= 11 is 1.66. The molecular formula is C23H28N6O2S. The molecule has 2 aromatic heterocycles. The van der Waals surface area contributed by atoms with Gasteiger partial charge in [0.15, 0.2) is 5.13 Å². The average Bonchev–Trinajstić information content (AvgIpc) is 3.29. The van der Waals surface area contributed by atoms with Gasteiger partial charge in [-0.2, -0.15) is 0 Å². The van der Waals surface area contributed by atoms with Crippen LogP contribution in [0, 0.1) is 0 Å². The first-order valence-corrected chi connectivity index (χ1v) is 12.0. The van der Waals surface area contributed by atoms with E-state index >= 15 is 0 Å². The van der Waals surface area contributed by atoms with E-state index in [0.717, 1.165) is 80.2 Å². The molecule has 0 aliphatic carbocycles. The smallest absolute Gasteiger partial charge is 0.251 e. The fourth-order valence-corrected chi connectivity index (χ4v) is 5.17. The number of carbonyl (C=O) groups excluding carboxylic acids is 1. The van der Waals surface area contributed by atoms with Crippen molar-refractivity contribution in [2.45, 2.75) is 0 Å². The highest BCUT2D eigenvalue weighted by atomic mass is 32.1. The minimum absolute atomic E-state index is 0.0286. The van der Waals surface area contributed by atoms with E-state index in [1.807, 2.05) is 36.5 Å². The van der Waals surface area contributed by atoms with Gasteiger partial charge < -0.3 is 19.9 Å². The Morgan fingerprint density at radius 3 is 2.62 bits per heavy atom. The maximum atomic E-state index is 12.6. The first kappa shape index (κ1) is 21.1. The third-order valence-corrected chi connectivity index (χ3v) is 7.06. The number of nitrogens with one attached hydrogen (secondary N) is 1. The van der Waals surface area contributed by atoms with Crippen LogP contribution in [0.5, 0.6) is 0 Å². The first-order valence-electron chi connectivity index (χ1n) is 11.2. The largest absolute Gasteiger partial charge is 0.379 e. The number of rotatable bonds is 6. The Balaban J connectivity index is 1.18. The maximum absolute atomic E-state index is 12.6. The molecule has 0 spiro atoms. The summed E-state index contributed by atoms with van der Waals surface area (Å²) in [5.41, 5.74) is 1.64. The molecule has 1 amide bonds. The minimum Gasteiger partial charge on any atom is -0.379 e. The molecule has 0 bridgehead atoms. The minimum atomic E-state index is -0.0286. The number of hydrogen-bond acceptors (Lipinski definition) is 8. The number of nitrogens with zero attached hydrogens (tertiary/aromatic N) is 5. The molecule has 0 unspecified atom stereocenters. The molecular weight excluding hydrogens is 424 g/mol. The highest BCUT2D eigenvalue weighted by Gasteiger charge is 2.21. The summed E-state index contributed by atoms with van der Waals surface area (Å²) in [6.07, 6.45) is 1.84. The lowest BCUT2D eigenvalue weighted by atomic mass is 10.2. The van der Waals surface area contributed by atoms with Crippen LogP contribution in [0.15, 0.2) is 42.6 Å². The molecule has 168 valence electrons. The van der Waals surface area contributed by atoms with E-state index < -0.39 is 0 Å². The third-order valence-electron chi connectivity index (χ3n) is 5.98. The molecule has 2 aliphatic heterocycles. The topological polar surface area (TPSA) is 73.8 Å². The van der Waals surface area contributed by atoms with E-state index in [1.54, 1.807) is 11.3 Å². The van der Waals surface area contributed by atoms with Gasteiger partial charge in [-0.05, 0) is 30.3 Å². The molecule has 9 heteroatoms. The Kier molecular flexibility index (Phi) is 6.47. The van der Waals surface area contributed by atoms with Crippen LogP contribution in [0.1, 0.15) is 10.4 Å². The van der Waals surface area contributed by atoms with Gasteiger partial charge in [0.05, 0.1) is 23.4 Å². The molecule has 5 rings (SSSR count). The van der Waals surface area contributed by atoms with Crippen LogP contribution < -0.4 is 15.1 Å². The third kappa shape index (κ3) is 4.85. The molecule has 0 atom stereocenters. The van der Waals surface area contributed by atoms with E-state index in [2.05, 4.69) is 31.1 Å². The van der Waals surface area contributed by atoms with E-state index in [-0.39, 0.29) is 5.91 Å². The number of pyridine rings is 1. The summed E-state index contributed by atoms with van der Waals surface area (Å²) in [5, 5.41) is 4.06. The Morgan fingerprint density at radius 1 is 1.03 bits per heavy atom. The fourth-order valence-electron chi connectivity index (χ4n) is 4.11. The van der Waals surface area contributed by atoms with Crippen LogP contribution in [0.2, 0.25) is 0 Å². The molecule has 1 aromatic carbocycles. The summed E-state index contributed by atoms with van der Waals surface area (Å²) in [7, 11) is 0. The summed E-state index contributed by atoms with van der Waals surface area (Å²) in [5.74, 6) is 1.000. The van der Waals surface area contributed by atoms with Crippen LogP contribution >= 0.6 is 11.3 Å². The number of carbonyl (C=O) groups is 1. The Labute approximate surface area is 191 Å². The van der Waals surface area contributed by atoms with Crippen molar-refractivity contribution in [3.05, 3.63) is 48.2 Å². The zero-order valence-electron chi connectivity index (χ0n) is 18.1. The van der Waals surface area contributed by atoms with Gasteiger partial charge in [0.25, 0.3) is 5.91 Å². The van der Waals surface area contributed by atoms with Crippen molar-refractivity contribution in [3.63, 3.8) is 0 Å². The highest BCUT2D eigenvalue weighted by molar-refractivity contribution is 7.22. The number of amides is 1. The second kappa shape index (κ2) is 9.81. The van der Waals surface area contributed by atoms with Gasteiger partial charge in [-0.25, -0.2) is 9.97 Å². The second-order valence-electron chi connectivity index (χ2n) is 8.05. The van der Waals surface area contributed by atoms with Gasteiger partial charge in [-0.15, -0.1) is 0 Å². The van der Waals surface area contributed by atoms with Crippen molar-refractivity contribution in [3.8, 4) is 0 Å². The van der Waals surface area contributed by atoms with Crippen molar-refractivity contribution in [2.24, 2.45) is 0 Å². The monoisotopic (exact) mass is 452 g/mol. The molecule has 1 N–H and O–H groups in total. The van der Waals surface area contributed by atoms with Crippen LogP contribution in [0.25, 0.3) is 10.2 Å².